The second-order valence-corrected chi connectivity index (χ2v) is 2.74. The molecule has 0 rings (SSSR count). The average molecular weight is 147 g/mol. The van der Waals surface area contributed by atoms with Gasteiger partial charge in [0, 0.05) is 12.1 Å². The smallest absolute Gasteiger partial charge is 0.0612 e. The fourth-order valence-electron chi connectivity index (χ4n) is 1.00. The SMILES string of the molecule is CCC[C@](N)(CO)CCO. The first kappa shape index (κ1) is 9.88. The van der Waals surface area contributed by atoms with E-state index in [1.165, 1.54) is 0 Å². The zero-order valence-electron chi connectivity index (χ0n) is 6.51. The highest BCUT2D eigenvalue weighted by Crippen LogP contribution is 2.12. The van der Waals surface area contributed by atoms with Crippen LogP contribution in [0.1, 0.15) is 26.2 Å². The van der Waals surface area contributed by atoms with Gasteiger partial charge in [0.1, 0.15) is 0 Å². The van der Waals surface area contributed by atoms with Gasteiger partial charge in [-0.3, -0.25) is 0 Å². The molecule has 0 saturated heterocycles. The Morgan fingerprint density at radius 2 is 1.90 bits per heavy atom. The van der Waals surface area contributed by atoms with Crippen molar-refractivity contribution in [3.05, 3.63) is 0 Å². The van der Waals surface area contributed by atoms with Crippen LogP contribution in [0.5, 0.6) is 0 Å². The number of rotatable bonds is 5. The number of hydrogen-bond donors (Lipinski definition) is 3. The van der Waals surface area contributed by atoms with Gasteiger partial charge >= 0.3 is 0 Å². The molecule has 10 heavy (non-hydrogen) atoms. The molecule has 0 aliphatic heterocycles. The highest BCUT2D eigenvalue weighted by Gasteiger charge is 2.21. The van der Waals surface area contributed by atoms with E-state index in [4.69, 9.17) is 15.9 Å². The molecule has 0 spiro atoms. The molecule has 3 heteroatoms. The Labute approximate surface area is 61.9 Å². The molecule has 0 bridgehead atoms. The standard InChI is InChI=1S/C7H17NO2/c1-2-3-7(8,6-10)4-5-9/h9-10H,2-6,8H2,1H3/t7-/m1/s1. The van der Waals surface area contributed by atoms with Crippen molar-refractivity contribution < 1.29 is 10.2 Å². The van der Waals surface area contributed by atoms with Gasteiger partial charge in [-0.15, -0.1) is 0 Å². The molecule has 1 atom stereocenters. The van der Waals surface area contributed by atoms with Gasteiger partial charge in [0.05, 0.1) is 6.61 Å². The summed E-state index contributed by atoms with van der Waals surface area (Å²) in [6, 6.07) is 0. The summed E-state index contributed by atoms with van der Waals surface area (Å²) >= 11 is 0. The predicted octanol–water partition coefficient (Wildman–Crippen LogP) is -0.141. The van der Waals surface area contributed by atoms with Gasteiger partial charge in [-0.1, -0.05) is 13.3 Å². The van der Waals surface area contributed by atoms with E-state index in [2.05, 4.69) is 0 Å². The van der Waals surface area contributed by atoms with Gasteiger partial charge in [-0.25, -0.2) is 0 Å². The maximum atomic E-state index is 8.81. The summed E-state index contributed by atoms with van der Waals surface area (Å²) in [6.07, 6.45) is 2.19. The second kappa shape index (κ2) is 4.66. The first-order valence-electron chi connectivity index (χ1n) is 3.69. The van der Waals surface area contributed by atoms with Crippen molar-refractivity contribution in [1.29, 1.82) is 0 Å². The minimum Gasteiger partial charge on any atom is -0.396 e. The fraction of sp³-hybridized carbons (Fsp3) is 1.00. The highest BCUT2D eigenvalue weighted by molar-refractivity contribution is 4.81. The number of hydrogen-bond acceptors (Lipinski definition) is 3. The number of aliphatic hydroxyl groups is 2. The molecular weight excluding hydrogens is 130 g/mol. The van der Waals surface area contributed by atoms with Gasteiger partial charge < -0.3 is 15.9 Å². The molecule has 0 aromatic heterocycles. The van der Waals surface area contributed by atoms with Crippen LogP contribution in [-0.4, -0.2) is 29.0 Å². The van der Waals surface area contributed by atoms with Crippen molar-refractivity contribution in [1.82, 2.24) is 0 Å². The van der Waals surface area contributed by atoms with Crippen LogP contribution in [0.3, 0.4) is 0 Å². The molecule has 0 radical (unpaired) electrons. The summed E-state index contributed by atoms with van der Waals surface area (Å²) in [5.41, 5.74) is 5.16. The van der Waals surface area contributed by atoms with Crippen molar-refractivity contribution in [3.63, 3.8) is 0 Å². The maximum absolute atomic E-state index is 8.81. The summed E-state index contributed by atoms with van der Waals surface area (Å²) in [5, 5.41) is 17.4. The lowest BCUT2D eigenvalue weighted by atomic mass is 9.93. The van der Waals surface area contributed by atoms with Crippen LogP contribution in [0, 0.1) is 0 Å². The third kappa shape index (κ3) is 3.15. The molecule has 62 valence electrons. The Kier molecular flexibility index (Phi) is 4.60. The minimum absolute atomic E-state index is 0.0403. The normalized spacial score (nSPS) is 16.8. The van der Waals surface area contributed by atoms with E-state index in [1.807, 2.05) is 6.92 Å². The van der Waals surface area contributed by atoms with E-state index in [1.54, 1.807) is 0 Å². The van der Waals surface area contributed by atoms with Crippen LogP contribution < -0.4 is 5.73 Å². The van der Waals surface area contributed by atoms with Crippen LogP contribution in [0.2, 0.25) is 0 Å². The number of nitrogens with two attached hydrogens (primary N) is 1. The molecule has 0 aromatic carbocycles. The van der Waals surface area contributed by atoms with E-state index in [0.29, 0.717) is 6.42 Å². The summed E-state index contributed by atoms with van der Waals surface area (Å²) in [7, 11) is 0. The quantitative estimate of drug-likeness (QED) is 0.507. The van der Waals surface area contributed by atoms with Crippen LogP contribution >= 0.6 is 0 Å². The Morgan fingerprint density at radius 1 is 1.30 bits per heavy atom. The van der Waals surface area contributed by atoms with Crippen molar-refractivity contribution >= 4 is 0 Å². The average Bonchev–Trinajstić information content (AvgIpc) is 1.89. The first-order chi connectivity index (χ1) is 4.68. The molecule has 3 nitrogen and oxygen atoms in total. The lowest BCUT2D eigenvalue weighted by Crippen LogP contribution is -2.44. The summed E-state index contributed by atoms with van der Waals surface area (Å²) < 4.78 is 0. The van der Waals surface area contributed by atoms with Gasteiger partial charge in [0.15, 0.2) is 0 Å². The highest BCUT2D eigenvalue weighted by atomic mass is 16.3. The Hall–Kier alpha value is -0.120. The van der Waals surface area contributed by atoms with Crippen molar-refractivity contribution in [2.24, 2.45) is 5.73 Å². The first-order valence-corrected chi connectivity index (χ1v) is 3.69. The third-order valence-corrected chi connectivity index (χ3v) is 1.67. The zero-order valence-corrected chi connectivity index (χ0v) is 6.51. The van der Waals surface area contributed by atoms with Crippen LogP contribution in [0.4, 0.5) is 0 Å². The van der Waals surface area contributed by atoms with Crippen LogP contribution in [0.25, 0.3) is 0 Å². The van der Waals surface area contributed by atoms with Gasteiger partial charge in [0.25, 0.3) is 0 Å². The molecule has 0 fully saturated rings. The monoisotopic (exact) mass is 147 g/mol. The summed E-state index contributed by atoms with van der Waals surface area (Å²) in [4.78, 5) is 0. The Balaban J connectivity index is 3.69. The third-order valence-electron chi connectivity index (χ3n) is 1.67. The van der Waals surface area contributed by atoms with Gasteiger partial charge in [0.2, 0.25) is 0 Å². The van der Waals surface area contributed by atoms with E-state index in [0.717, 1.165) is 12.8 Å². The molecule has 0 aliphatic rings. The van der Waals surface area contributed by atoms with Crippen LogP contribution in [-0.2, 0) is 0 Å². The summed E-state index contributed by atoms with van der Waals surface area (Å²) in [5.74, 6) is 0. The fourth-order valence-corrected chi connectivity index (χ4v) is 1.00. The molecule has 4 N–H and O–H groups in total. The van der Waals surface area contributed by atoms with Gasteiger partial charge in [-0.2, -0.15) is 0 Å². The molecular formula is C7H17NO2. The molecule has 0 amide bonds. The molecule has 0 saturated carbocycles. The van der Waals surface area contributed by atoms with Crippen molar-refractivity contribution in [3.8, 4) is 0 Å². The molecule has 0 heterocycles. The minimum atomic E-state index is -0.552. The van der Waals surface area contributed by atoms with E-state index < -0.39 is 5.54 Å². The van der Waals surface area contributed by atoms with E-state index in [-0.39, 0.29) is 13.2 Å². The second-order valence-electron chi connectivity index (χ2n) is 2.74. The number of aliphatic hydroxyl groups excluding tert-OH is 2. The molecule has 0 aromatic rings. The van der Waals surface area contributed by atoms with Crippen molar-refractivity contribution in [2.45, 2.75) is 31.7 Å². The van der Waals surface area contributed by atoms with Gasteiger partial charge in [-0.05, 0) is 12.8 Å². The predicted molar refractivity (Wildman–Crippen MR) is 40.6 cm³/mol. The maximum Gasteiger partial charge on any atom is 0.0612 e. The Morgan fingerprint density at radius 3 is 2.20 bits per heavy atom. The Bertz CT molecular complexity index is 79.7. The molecule has 0 unspecified atom stereocenters. The lowest BCUT2D eigenvalue weighted by molar-refractivity contribution is 0.148. The van der Waals surface area contributed by atoms with Crippen molar-refractivity contribution in [2.75, 3.05) is 13.2 Å². The topological polar surface area (TPSA) is 66.5 Å². The zero-order chi connectivity index (χ0) is 8.04. The lowest BCUT2D eigenvalue weighted by Gasteiger charge is -2.25. The largest absolute Gasteiger partial charge is 0.396 e. The van der Waals surface area contributed by atoms with Crippen LogP contribution in [0.15, 0.2) is 0 Å². The molecule has 0 aliphatic carbocycles. The van der Waals surface area contributed by atoms with E-state index >= 15 is 0 Å². The summed E-state index contributed by atoms with van der Waals surface area (Å²) in [6.45, 7) is 2.02. The van der Waals surface area contributed by atoms with E-state index in [9.17, 15) is 0 Å².